The maximum absolute atomic E-state index is 12.9. The molecule has 292 valence electrons. The Labute approximate surface area is 317 Å². The molecule has 3 amide bonds. The molecule has 0 bridgehead atoms. The van der Waals surface area contributed by atoms with Crippen molar-refractivity contribution in [2.45, 2.75) is 77.0 Å². The number of carbonyl (C=O) groups is 5. The number of nitrogens with zero attached hydrogens (tertiary/aromatic N) is 2. The Balaban J connectivity index is 0.000000305. The minimum Gasteiger partial charge on any atom is -0.506 e. The van der Waals surface area contributed by atoms with Gasteiger partial charge < -0.3 is 26.0 Å². The fraction of sp³-hybridized carbons (Fsp3) is 0.308. The molecule has 16 heteroatoms. The van der Waals surface area contributed by atoms with E-state index in [0.717, 1.165) is 11.1 Å². The highest BCUT2D eigenvalue weighted by molar-refractivity contribution is 5.94. The van der Waals surface area contributed by atoms with Crippen molar-refractivity contribution in [2.24, 2.45) is 5.73 Å². The van der Waals surface area contributed by atoms with Gasteiger partial charge in [0.2, 0.25) is 0 Å². The zero-order valence-corrected chi connectivity index (χ0v) is 30.7. The van der Waals surface area contributed by atoms with Crippen molar-refractivity contribution in [1.29, 1.82) is 0 Å². The molecule has 0 aliphatic heterocycles. The van der Waals surface area contributed by atoms with E-state index in [2.05, 4.69) is 15.3 Å². The van der Waals surface area contributed by atoms with Crippen LogP contribution in [0.1, 0.15) is 76.8 Å². The fourth-order valence-corrected chi connectivity index (χ4v) is 4.99. The molecule has 9 N–H and O–H groups in total. The second-order valence-corrected chi connectivity index (χ2v) is 13.4. The molecule has 0 aliphatic carbocycles. The van der Waals surface area contributed by atoms with Crippen molar-refractivity contribution < 1.29 is 49.3 Å². The molecule has 55 heavy (non-hydrogen) atoms. The zero-order valence-electron chi connectivity index (χ0n) is 30.7. The first kappa shape index (κ1) is 43.2. The van der Waals surface area contributed by atoms with E-state index >= 15 is 0 Å². The number of aromatic hydroxyl groups is 2. The summed E-state index contributed by atoms with van der Waals surface area (Å²) >= 11 is 0. The van der Waals surface area contributed by atoms with Gasteiger partial charge >= 0.3 is 6.09 Å². The second kappa shape index (κ2) is 20.9. The Morgan fingerprint density at radius 1 is 0.673 bits per heavy atom. The first-order chi connectivity index (χ1) is 26.1. The summed E-state index contributed by atoms with van der Waals surface area (Å²) in [5, 5.41) is 38.4. The molecule has 16 nitrogen and oxygen atoms in total. The highest BCUT2D eigenvalue weighted by Crippen LogP contribution is 2.14. The van der Waals surface area contributed by atoms with E-state index in [-0.39, 0.29) is 42.3 Å². The van der Waals surface area contributed by atoms with Crippen LogP contribution in [0.15, 0.2) is 85.2 Å². The van der Waals surface area contributed by atoms with E-state index in [4.69, 9.17) is 20.9 Å². The van der Waals surface area contributed by atoms with Crippen LogP contribution in [0, 0.1) is 0 Å². The number of amides is 3. The van der Waals surface area contributed by atoms with Gasteiger partial charge in [0.15, 0.2) is 5.78 Å². The molecule has 2 unspecified atom stereocenters. The SMILES string of the molecule is CC(C)(C)OC(=O)NC(Cc1ccc(O)cn1)C(=O)CCc1ccc(C(=O)NO)cc1.NC(Cc1ccc(O)cn1)C(=O)CCc1ccc(C(=O)NO)cc1. The van der Waals surface area contributed by atoms with Gasteiger partial charge in [-0.1, -0.05) is 24.3 Å². The number of aryl methyl sites for hydroxylation is 2. The lowest BCUT2D eigenvalue weighted by Gasteiger charge is -2.23. The predicted molar refractivity (Wildman–Crippen MR) is 198 cm³/mol. The maximum Gasteiger partial charge on any atom is 0.408 e. The third-order valence-corrected chi connectivity index (χ3v) is 7.91. The minimum atomic E-state index is -0.855. The molecule has 2 heterocycles. The number of ketones is 2. The number of ether oxygens (including phenoxy) is 1. The number of hydroxylamine groups is 2. The van der Waals surface area contributed by atoms with Gasteiger partial charge in [-0.25, -0.2) is 15.8 Å². The summed E-state index contributed by atoms with van der Waals surface area (Å²) in [5.41, 5.74) is 11.8. The van der Waals surface area contributed by atoms with Crippen LogP contribution in [0.4, 0.5) is 4.79 Å². The van der Waals surface area contributed by atoms with E-state index in [1.165, 1.54) is 24.5 Å². The molecule has 4 aromatic rings. The van der Waals surface area contributed by atoms with Gasteiger partial charge in [-0.05, 0) is 93.3 Å². The number of aromatic nitrogens is 2. The van der Waals surface area contributed by atoms with E-state index < -0.39 is 35.6 Å². The lowest BCUT2D eigenvalue weighted by molar-refractivity contribution is -0.121. The Morgan fingerprint density at radius 3 is 1.51 bits per heavy atom. The molecule has 0 radical (unpaired) electrons. The van der Waals surface area contributed by atoms with Crippen LogP contribution in [0.25, 0.3) is 0 Å². The van der Waals surface area contributed by atoms with E-state index in [9.17, 15) is 34.2 Å². The quantitative estimate of drug-likeness (QED) is 0.0638. The maximum atomic E-state index is 12.9. The molecule has 2 aromatic heterocycles. The molecule has 0 saturated carbocycles. The molecule has 0 saturated heterocycles. The number of alkyl carbamates (subject to hydrolysis) is 1. The molecule has 2 aromatic carbocycles. The fourth-order valence-electron chi connectivity index (χ4n) is 4.99. The number of hydrogen-bond donors (Lipinski definition) is 8. The first-order valence-electron chi connectivity index (χ1n) is 17.2. The zero-order chi connectivity index (χ0) is 40.5. The Kier molecular flexibility index (Phi) is 16.4. The van der Waals surface area contributed by atoms with Crippen LogP contribution < -0.4 is 22.0 Å². The number of nitrogens with one attached hydrogen (secondary N) is 3. The van der Waals surface area contributed by atoms with E-state index in [1.807, 2.05) is 0 Å². The van der Waals surface area contributed by atoms with Gasteiger partial charge in [0.1, 0.15) is 22.9 Å². The summed E-state index contributed by atoms with van der Waals surface area (Å²) in [4.78, 5) is 67.9. The molecule has 0 fully saturated rings. The summed E-state index contributed by atoms with van der Waals surface area (Å²) in [6.45, 7) is 5.18. The van der Waals surface area contributed by atoms with Crippen molar-refractivity contribution in [1.82, 2.24) is 26.2 Å². The van der Waals surface area contributed by atoms with E-state index in [0.29, 0.717) is 41.8 Å². The lowest BCUT2D eigenvalue weighted by Crippen LogP contribution is -2.45. The smallest absolute Gasteiger partial charge is 0.408 e. The van der Waals surface area contributed by atoms with Crippen LogP contribution in [0.3, 0.4) is 0 Å². The summed E-state index contributed by atoms with van der Waals surface area (Å²) < 4.78 is 5.26. The molecular weight excluding hydrogens is 712 g/mol. The normalized spacial score (nSPS) is 11.9. The summed E-state index contributed by atoms with van der Waals surface area (Å²) in [5.74, 6) is -1.42. The largest absolute Gasteiger partial charge is 0.506 e. The molecule has 0 aliphatic rings. The van der Waals surface area contributed by atoms with Gasteiger partial charge in [-0.3, -0.25) is 39.6 Å². The second-order valence-electron chi connectivity index (χ2n) is 13.4. The number of carbonyl (C=O) groups excluding carboxylic acids is 5. The Bertz CT molecular complexity index is 1880. The highest BCUT2D eigenvalue weighted by atomic mass is 16.6. The summed E-state index contributed by atoms with van der Waals surface area (Å²) in [7, 11) is 0. The third-order valence-electron chi connectivity index (χ3n) is 7.91. The third kappa shape index (κ3) is 15.3. The average Bonchev–Trinajstić information content (AvgIpc) is 3.16. The number of hydrogen-bond acceptors (Lipinski definition) is 13. The molecule has 4 rings (SSSR count). The topological polar surface area (TPSA) is 263 Å². The average molecular weight is 759 g/mol. The van der Waals surface area contributed by atoms with E-state index in [1.54, 1.807) is 92.4 Å². The van der Waals surface area contributed by atoms with Crippen LogP contribution in [0.5, 0.6) is 11.5 Å². The number of benzene rings is 2. The number of Topliss-reactive ketones (excluding diaryl/α,β-unsaturated/α-hetero) is 2. The van der Waals surface area contributed by atoms with Crippen LogP contribution >= 0.6 is 0 Å². The number of nitrogens with two attached hydrogens (primary N) is 1. The summed E-state index contributed by atoms with van der Waals surface area (Å²) in [6, 6.07) is 17.7. The molecule has 2 atom stereocenters. The molecular formula is C39H46N6O10. The van der Waals surface area contributed by atoms with Gasteiger partial charge in [-0.2, -0.15) is 0 Å². The monoisotopic (exact) mass is 758 g/mol. The lowest BCUT2D eigenvalue weighted by atomic mass is 9.99. The first-order valence-corrected chi connectivity index (χ1v) is 17.2. The van der Waals surface area contributed by atoms with Gasteiger partial charge in [0.05, 0.1) is 24.5 Å². The standard InChI is InChI=1S/C22H27N3O6.C17H19N3O4/c1-22(2,3)31-21(29)24-18(12-16-9-10-17(26)13-23-16)19(27)11-6-14-4-7-15(8-5-14)20(28)25-30;18-15(9-13-6-7-14(21)10-19-13)16(22)8-3-11-1-4-12(5-2-11)17(23)20-24/h4-5,7-10,13,18,26,30H,6,11-12H2,1-3H3,(H,24,29)(H,25,28);1-2,4-7,10,15,21,24H,3,8-9,18H2,(H,20,23). The highest BCUT2D eigenvalue weighted by Gasteiger charge is 2.25. The van der Waals surface area contributed by atoms with Gasteiger partial charge in [0.25, 0.3) is 11.8 Å². The van der Waals surface area contributed by atoms with Crippen LogP contribution in [-0.2, 0) is 40.0 Å². The van der Waals surface area contributed by atoms with Gasteiger partial charge in [0, 0.05) is 48.2 Å². The van der Waals surface area contributed by atoms with Crippen molar-refractivity contribution in [3.8, 4) is 11.5 Å². The Morgan fingerprint density at radius 2 is 1.11 bits per heavy atom. The molecule has 0 spiro atoms. The Hall–Kier alpha value is -6.23. The van der Waals surface area contributed by atoms with Crippen molar-refractivity contribution in [3.63, 3.8) is 0 Å². The number of pyridine rings is 2. The van der Waals surface area contributed by atoms with Crippen LogP contribution in [0.2, 0.25) is 0 Å². The van der Waals surface area contributed by atoms with Crippen LogP contribution in [-0.4, -0.2) is 77.8 Å². The minimum absolute atomic E-state index is 0.00468. The summed E-state index contributed by atoms with van der Waals surface area (Å²) in [6.07, 6.45) is 3.68. The van der Waals surface area contributed by atoms with Crippen molar-refractivity contribution in [2.75, 3.05) is 0 Å². The number of rotatable bonds is 15. The predicted octanol–water partition coefficient (Wildman–Crippen LogP) is 3.52. The van der Waals surface area contributed by atoms with Crippen molar-refractivity contribution in [3.05, 3.63) is 119 Å². The van der Waals surface area contributed by atoms with Gasteiger partial charge in [-0.15, -0.1) is 0 Å². The van der Waals surface area contributed by atoms with Crippen molar-refractivity contribution >= 4 is 29.5 Å².